The zero-order chi connectivity index (χ0) is 12.4. The summed E-state index contributed by atoms with van der Waals surface area (Å²) in [5, 5.41) is 3.74. The molecule has 1 aromatic rings. The lowest BCUT2D eigenvalue weighted by Gasteiger charge is -2.13. The minimum Gasteiger partial charge on any atom is -0.377 e. The van der Waals surface area contributed by atoms with Crippen molar-refractivity contribution in [3.63, 3.8) is 0 Å². The van der Waals surface area contributed by atoms with E-state index in [1.165, 1.54) is 0 Å². The molecular formula is C11H17N3O3. The van der Waals surface area contributed by atoms with E-state index in [4.69, 9.17) is 15.0 Å². The molecule has 2 N–H and O–H groups in total. The average Bonchev–Trinajstić information content (AvgIpc) is 2.87. The summed E-state index contributed by atoms with van der Waals surface area (Å²) in [5.41, 5.74) is 6.20. The highest BCUT2D eigenvalue weighted by Crippen LogP contribution is 2.17. The molecule has 94 valence electrons. The van der Waals surface area contributed by atoms with Crippen molar-refractivity contribution in [3.05, 3.63) is 17.5 Å². The van der Waals surface area contributed by atoms with Crippen molar-refractivity contribution in [2.45, 2.75) is 19.6 Å². The van der Waals surface area contributed by atoms with E-state index in [9.17, 15) is 4.79 Å². The number of nitrogens with two attached hydrogens (primary N) is 1. The Kier molecular flexibility index (Phi) is 3.44. The van der Waals surface area contributed by atoms with Gasteiger partial charge in [-0.2, -0.15) is 0 Å². The van der Waals surface area contributed by atoms with E-state index in [-0.39, 0.29) is 11.9 Å². The Morgan fingerprint density at radius 1 is 1.71 bits per heavy atom. The van der Waals surface area contributed by atoms with Crippen LogP contribution in [0.5, 0.6) is 0 Å². The van der Waals surface area contributed by atoms with Crippen LogP contribution in [0.3, 0.4) is 0 Å². The highest BCUT2D eigenvalue weighted by Gasteiger charge is 2.31. The maximum absolute atomic E-state index is 12.1. The van der Waals surface area contributed by atoms with E-state index in [1.807, 2.05) is 6.92 Å². The number of likely N-dealkylation sites (tertiary alicyclic amines) is 1. The number of hydrogen-bond acceptors (Lipinski definition) is 5. The molecule has 2 atom stereocenters. The molecule has 1 aliphatic heterocycles. The standard InChI is InChI=1S/C11H17N3O3/c1-7-4-14(5-9(7)12)11(15)10-3-8(6-16-2)17-13-10/h3,7,9H,4-6,12H2,1-2H3. The maximum Gasteiger partial charge on any atom is 0.276 e. The predicted molar refractivity (Wildman–Crippen MR) is 60.3 cm³/mol. The van der Waals surface area contributed by atoms with Crippen LogP contribution in [0.4, 0.5) is 0 Å². The van der Waals surface area contributed by atoms with Gasteiger partial charge in [0.05, 0.1) is 0 Å². The topological polar surface area (TPSA) is 81.6 Å². The van der Waals surface area contributed by atoms with Gasteiger partial charge in [-0.1, -0.05) is 12.1 Å². The van der Waals surface area contributed by atoms with Gasteiger partial charge in [0.2, 0.25) is 0 Å². The third kappa shape index (κ3) is 2.48. The summed E-state index contributed by atoms with van der Waals surface area (Å²) >= 11 is 0. The Morgan fingerprint density at radius 3 is 3.06 bits per heavy atom. The van der Waals surface area contributed by atoms with Gasteiger partial charge >= 0.3 is 0 Å². The first-order chi connectivity index (χ1) is 8.11. The summed E-state index contributed by atoms with van der Waals surface area (Å²) in [6, 6.07) is 1.66. The first-order valence-corrected chi connectivity index (χ1v) is 5.61. The molecule has 0 aliphatic carbocycles. The van der Waals surface area contributed by atoms with Gasteiger partial charge in [-0.3, -0.25) is 4.79 Å². The van der Waals surface area contributed by atoms with Crippen LogP contribution in [0.1, 0.15) is 23.2 Å². The molecule has 1 saturated heterocycles. The molecule has 1 fully saturated rings. The number of carbonyl (C=O) groups is 1. The number of methoxy groups -OCH3 is 1. The van der Waals surface area contributed by atoms with Crippen LogP contribution in [0.2, 0.25) is 0 Å². The average molecular weight is 239 g/mol. The normalized spacial score (nSPS) is 24.3. The molecule has 0 saturated carbocycles. The van der Waals surface area contributed by atoms with Crippen LogP contribution < -0.4 is 5.73 Å². The monoisotopic (exact) mass is 239 g/mol. The molecule has 17 heavy (non-hydrogen) atoms. The van der Waals surface area contributed by atoms with Gasteiger partial charge in [0.1, 0.15) is 6.61 Å². The fourth-order valence-electron chi connectivity index (χ4n) is 1.94. The molecule has 0 spiro atoms. The molecular weight excluding hydrogens is 222 g/mol. The Labute approximate surface area is 99.7 Å². The number of ether oxygens (including phenoxy) is 1. The summed E-state index contributed by atoms with van der Waals surface area (Å²) < 4.78 is 9.89. The van der Waals surface area contributed by atoms with Gasteiger partial charge in [-0.15, -0.1) is 0 Å². The molecule has 6 heteroatoms. The van der Waals surface area contributed by atoms with Crippen molar-refractivity contribution in [1.82, 2.24) is 10.1 Å². The summed E-state index contributed by atoms with van der Waals surface area (Å²) in [6.45, 7) is 3.60. The molecule has 0 radical (unpaired) electrons. The Bertz CT molecular complexity index is 394. The predicted octanol–water partition coefficient (Wildman–Crippen LogP) is 0.240. The first-order valence-electron chi connectivity index (χ1n) is 5.61. The van der Waals surface area contributed by atoms with Crippen molar-refractivity contribution in [1.29, 1.82) is 0 Å². The van der Waals surface area contributed by atoms with E-state index in [0.717, 1.165) is 0 Å². The number of aromatic nitrogens is 1. The van der Waals surface area contributed by atoms with Gasteiger partial charge in [-0.05, 0) is 5.92 Å². The number of carbonyl (C=O) groups excluding carboxylic acids is 1. The largest absolute Gasteiger partial charge is 0.377 e. The quantitative estimate of drug-likeness (QED) is 0.817. The smallest absolute Gasteiger partial charge is 0.276 e. The van der Waals surface area contributed by atoms with E-state index in [1.54, 1.807) is 18.1 Å². The number of rotatable bonds is 3. The number of nitrogens with zero attached hydrogens (tertiary/aromatic N) is 2. The third-order valence-corrected chi connectivity index (χ3v) is 3.02. The molecule has 2 heterocycles. The van der Waals surface area contributed by atoms with E-state index < -0.39 is 0 Å². The lowest BCUT2D eigenvalue weighted by Crippen LogP contribution is -2.32. The SMILES string of the molecule is COCc1cc(C(=O)N2CC(C)C(N)C2)no1. The molecule has 1 amide bonds. The minimum atomic E-state index is -0.129. The Hall–Kier alpha value is -1.40. The van der Waals surface area contributed by atoms with Gasteiger partial charge < -0.3 is 19.9 Å². The van der Waals surface area contributed by atoms with Crippen molar-refractivity contribution in [2.24, 2.45) is 11.7 Å². The van der Waals surface area contributed by atoms with Crippen LogP contribution in [-0.4, -0.2) is 42.2 Å². The second-order valence-electron chi connectivity index (χ2n) is 4.46. The molecule has 0 bridgehead atoms. The fourth-order valence-corrected chi connectivity index (χ4v) is 1.94. The molecule has 6 nitrogen and oxygen atoms in total. The van der Waals surface area contributed by atoms with E-state index >= 15 is 0 Å². The fraction of sp³-hybridized carbons (Fsp3) is 0.636. The van der Waals surface area contributed by atoms with Gasteiger partial charge in [0.15, 0.2) is 11.5 Å². The highest BCUT2D eigenvalue weighted by molar-refractivity contribution is 5.92. The maximum atomic E-state index is 12.1. The molecule has 2 unspecified atom stereocenters. The summed E-state index contributed by atoms with van der Waals surface area (Å²) in [6.07, 6.45) is 0. The van der Waals surface area contributed by atoms with E-state index in [0.29, 0.717) is 37.1 Å². The zero-order valence-electron chi connectivity index (χ0n) is 10.0. The van der Waals surface area contributed by atoms with Crippen LogP contribution >= 0.6 is 0 Å². The van der Waals surface area contributed by atoms with Crippen molar-refractivity contribution >= 4 is 5.91 Å². The Balaban J connectivity index is 2.04. The first kappa shape index (κ1) is 12.1. The summed E-state index contributed by atoms with van der Waals surface area (Å²) in [4.78, 5) is 13.8. The highest BCUT2D eigenvalue weighted by atomic mass is 16.5. The second-order valence-corrected chi connectivity index (χ2v) is 4.46. The summed E-state index contributed by atoms with van der Waals surface area (Å²) in [5.74, 6) is 0.743. The van der Waals surface area contributed by atoms with Gasteiger partial charge in [-0.25, -0.2) is 0 Å². The lowest BCUT2D eigenvalue weighted by atomic mass is 10.1. The molecule has 1 aliphatic rings. The van der Waals surface area contributed by atoms with Crippen LogP contribution in [0.15, 0.2) is 10.6 Å². The van der Waals surface area contributed by atoms with Crippen molar-refractivity contribution in [2.75, 3.05) is 20.2 Å². The minimum absolute atomic E-state index is 0.0456. The third-order valence-electron chi connectivity index (χ3n) is 3.02. The van der Waals surface area contributed by atoms with Gasteiger partial charge in [0, 0.05) is 32.3 Å². The second kappa shape index (κ2) is 4.85. The van der Waals surface area contributed by atoms with Crippen LogP contribution in [0, 0.1) is 5.92 Å². The molecule has 2 rings (SSSR count). The van der Waals surface area contributed by atoms with Gasteiger partial charge in [0.25, 0.3) is 5.91 Å². The lowest BCUT2D eigenvalue weighted by molar-refractivity contribution is 0.0776. The number of hydrogen-bond donors (Lipinski definition) is 1. The van der Waals surface area contributed by atoms with Crippen LogP contribution in [-0.2, 0) is 11.3 Å². The zero-order valence-corrected chi connectivity index (χ0v) is 10.0. The summed E-state index contributed by atoms with van der Waals surface area (Å²) in [7, 11) is 1.56. The molecule has 1 aromatic heterocycles. The molecule has 0 aromatic carbocycles. The van der Waals surface area contributed by atoms with Crippen molar-refractivity contribution in [3.8, 4) is 0 Å². The Morgan fingerprint density at radius 2 is 2.47 bits per heavy atom. The number of amides is 1. The van der Waals surface area contributed by atoms with Crippen molar-refractivity contribution < 1.29 is 14.1 Å². The van der Waals surface area contributed by atoms with E-state index in [2.05, 4.69) is 5.16 Å². The van der Waals surface area contributed by atoms with Crippen LogP contribution in [0.25, 0.3) is 0 Å².